The molecule has 1 aliphatic rings. The van der Waals surface area contributed by atoms with Crippen molar-refractivity contribution < 1.29 is 17.6 Å². The SMILES string of the molecule is O=c1[nH]c(-c2ccc(C(F)(F)F)cc2)nc2c1CN(Cc1ccc(-c3cccc(Cl)c3)o1)CC2. The third-order valence-corrected chi connectivity index (χ3v) is 6.02. The smallest absolute Gasteiger partial charge is 0.416 e. The van der Waals surface area contributed by atoms with E-state index in [0.717, 1.165) is 29.2 Å². The Bertz CT molecular complexity index is 1390. The molecule has 0 fully saturated rings. The lowest BCUT2D eigenvalue weighted by Gasteiger charge is -2.26. The number of hydrogen-bond donors (Lipinski definition) is 1. The highest BCUT2D eigenvalue weighted by molar-refractivity contribution is 6.30. The molecule has 1 N–H and O–H groups in total. The zero-order valence-corrected chi connectivity index (χ0v) is 18.6. The van der Waals surface area contributed by atoms with Gasteiger partial charge in [-0.2, -0.15) is 13.2 Å². The topological polar surface area (TPSA) is 62.1 Å². The second-order valence-corrected chi connectivity index (χ2v) is 8.59. The van der Waals surface area contributed by atoms with Crippen LogP contribution in [0.4, 0.5) is 13.2 Å². The summed E-state index contributed by atoms with van der Waals surface area (Å²) in [6, 6.07) is 15.8. The first-order valence-electron chi connectivity index (χ1n) is 10.6. The second kappa shape index (κ2) is 8.77. The van der Waals surface area contributed by atoms with E-state index >= 15 is 0 Å². The predicted molar refractivity (Wildman–Crippen MR) is 122 cm³/mol. The van der Waals surface area contributed by atoms with Crippen molar-refractivity contribution in [3.63, 3.8) is 0 Å². The third kappa shape index (κ3) is 4.64. The molecule has 2 aromatic heterocycles. The molecule has 4 aromatic rings. The van der Waals surface area contributed by atoms with Crippen molar-refractivity contribution in [2.45, 2.75) is 25.7 Å². The van der Waals surface area contributed by atoms with Gasteiger partial charge in [0.2, 0.25) is 0 Å². The van der Waals surface area contributed by atoms with Crippen LogP contribution < -0.4 is 5.56 Å². The number of hydrogen-bond acceptors (Lipinski definition) is 4. The summed E-state index contributed by atoms with van der Waals surface area (Å²) < 4.78 is 44.4. The van der Waals surface area contributed by atoms with E-state index in [-0.39, 0.29) is 11.4 Å². The fourth-order valence-corrected chi connectivity index (χ4v) is 4.24. The van der Waals surface area contributed by atoms with E-state index in [9.17, 15) is 18.0 Å². The maximum Gasteiger partial charge on any atom is 0.416 e. The Morgan fingerprint density at radius 2 is 1.85 bits per heavy atom. The number of nitrogens with zero attached hydrogens (tertiary/aromatic N) is 2. The fraction of sp³-hybridized carbons (Fsp3) is 0.200. The van der Waals surface area contributed by atoms with Gasteiger partial charge in [0.05, 0.1) is 23.4 Å². The quantitative estimate of drug-likeness (QED) is 0.389. The summed E-state index contributed by atoms with van der Waals surface area (Å²) >= 11 is 6.06. The molecule has 2 aromatic carbocycles. The molecule has 5 nitrogen and oxygen atoms in total. The number of alkyl halides is 3. The van der Waals surface area contributed by atoms with Crippen LogP contribution in [-0.2, 0) is 25.7 Å². The molecule has 0 unspecified atom stereocenters. The number of halogens is 4. The van der Waals surface area contributed by atoms with Crippen LogP contribution in [0.25, 0.3) is 22.7 Å². The second-order valence-electron chi connectivity index (χ2n) is 8.15. The maximum absolute atomic E-state index is 12.8. The van der Waals surface area contributed by atoms with Crippen LogP contribution in [0.2, 0.25) is 5.02 Å². The average molecular weight is 486 g/mol. The number of furan rings is 1. The van der Waals surface area contributed by atoms with E-state index in [1.165, 1.54) is 12.1 Å². The van der Waals surface area contributed by atoms with Crippen LogP contribution in [0.15, 0.2) is 69.9 Å². The van der Waals surface area contributed by atoms with Gasteiger partial charge < -0.3 is 9.40 Å². The summed E-state index contributed by atoms with van der Waals surface area (Å²) in [5, 5.41) is 0.630. The molecule has 0 spiro atoms. The standard InChI is InChI=1S/C25H19ClF3N3O2/c26-18-3-1-2-16(12-18)22-9-8-19(34-22)13-32-11-10-21-20(14-32)24(33)31-23(30-21)15-4-6-17(7-5-15)25(27,28)29/h1-9,12H,10-11,13-14H2,(H,30,31,33). The normalized spacial score (nSPS) is 14.2. The van der Waals surface area contributed by atoms with Gasteiger partial charge in [-0.3, -0.25) is 9.69 Å². The molecule has 0 aliphatic carbocycles. The van der Waals surface area contributed by atoms with Crippen molar-refractivity contribution in [1.82, 2.24) is 14.9 Å². The van der Waals surface area contributed by atoms with E-state index < -0.39 is 11.7 Å². The zero-order valence-electron chi connectivity index (χ0n) is 17.8. The van der Waals surface area contributed by atoms with E-state index in [1.807, 2.05) is 30.3 Å². The lowest BCUT2D eigenvalue weighted by molar-refractivity contribution is -0.137. The van der Waals surface area contributed by atoms with Gasteiger partial charge in [-0.1, -0.05) is 35.9 Å². The molecule has 0 saturated heterocycles. The lowest BCUT2D eigenvalue weighted by Crippen LogP contribution is -2.35. The van der Waals surface area contributed by atoms with Gasteiger partial charge in [-0.05, 0) is 36.4 Å². The molecular formula is C25H19ClF3N3O2. The summed E-state index contributed by atoms with van der Waals surface area (Å²) in [6.07, 6.45) is -3.86. The Hall–Kier alpha value is -3.36. The number of aromatic amines is 1. The van der Waals surface area contributed by atoms with Crippen molar-refractivity contribution in [3.05, 3.63) is 98.6 Å². The fourth-order valence-electron chi connectivity index (χ4n) is 4.05. The molecule has 3 heterocycles. The number of rotatable bonds is 4. The van der Waals surface area contributed by atoms with Gasteiger partial charge in [0, 0.05) is 35.7 Å². The van der Waals surface area contributed by atoms with E-state index in [0.29, 0.717) is 47.9 Å². The van der Waals surface area contributed by atoms with Gasteiger partial charge in [-0.15, -0.1) is 0 Å². The van der Waals surface area contributed by atoms with Crippen LogP contribution in [-0.4, -0.2) is 21.4 Å². The van der Waals surface area contributed by atoms with E-state index in [2.05, 4.69) is 14.9 Å². The molecule has 1 aliphatic heterocycles. The lowest BCUT2D eigenvalue weighted by atomic mass is 10.1. The van der Waals surface area contributed by atoms with Crippen molar-refractivity contribution in [2.75, 3.05) is 6.54 Å². The first kappa shape index (κ1) is 22.4. The summed E-state index contributed by atoms with van der Waals surface area (Å²) in [7, 11) is 0. The van der Waals surface area contributed by atoms with Crippen LogP contribution in [0.5, 0.6) is 0 Å². The predicted octanol–water partition coefficient (Wildman–Crippen LogP) is 5.93. The number of fused-ring (bicyclic) bond motifs is 1. The summed E-state index contributed by atoms with van der Waals surface area (Å²) in [6.45, 7) is 1.60. The molecule has 0 atom stereocenters. The number of H-pyrrole nitrogens is 1. The summed E-state index contributed by atoms with van der Waals surface area (Å²) in [5.41, 5.74) is 1.50. The maximum atomic E-state index is 12.8. The van der Waals surface area contributed by atoms with Crippen molar-refractivity contribution in [3.8, 4) is 22.7 Å². The molecule has 0 radical (unpaired) electrons. The van der Waals surface area contributed by atoms with Gasteiger partial charge >= 0.3 is 6.18 Å². The molecule has 34 heavy (non-hydrogen) atoms. The first-order chi connectivity index (χ1) is 16.3. The van der Waals surface area contributed by atoms with E-state index in [1.54, 1.807) is 6.07 Å². The average Bonchev–Trinajstić information content (AvgIpc) is 3.27. The highest BCUT2D eigenvalue weighted by atomic mass is 35.5. The Balaban J connectivity index is 1.32. The first-order valence-corrected chi connectivity index (χ1v) is 11.0. The van der Waals surface area contributed by atoms with Crippen LogP contribution in [0.3, 0.4) is 0 Å². The number of nitrogens with one attached hydrogen (secondary N) is 1. The Kier molecular flexibility index (Phi) is 5.79. The van der Waals surface area contributed by atoms with Crippen LogP contribution in [0, 0.1) is 0 Å². The minimum Gasteiger partial charge on any atom is -0.460 e. The molecule has 0 amide bonds. The Morgan fingerprint density at radius 3 is 2.59 bits per heavy atom. The van der Waals surface area contributed by atoms with Gasteiger partial charge in [-0.25, -0.2) is 4.98 Å². The van der Waals surface area contributed by atoms with Crippen molar-refractivity contribution >= 4 is 11.6 Å². The number of benzene rings is 2. The molecule has 5 rings (SSSR count). The molecule has 174 valence electrons. The zero-order chi connectivity index (χ0) is 23.9. The molecule has 0 bridgehead atoms. The Morgan fingerprint density at radius 1 is 1.06 bits per heavy atom. The highest BCUT2D eigenvalue weighted by Gasteiger charge is 2.30. The largest absolute Gasteiger partial charge is 0.460 e. The van der Waals surface area contributed by atoms with Crippen molar-refractivity contribution in [2.24, 2.45) is 0 Å². The van der Waals surface area contributed by atoms with E-state index in [4.69, 9.17) is 16.0 Å². The third-order valence-electron chi connectivity index (χ3n) is 5.78. The van der Waals surface area contributed by atoms with Crippen LogP contribution in [0.1, 0.15) is 22.6 Å². The van der Waals surface area contributed by atoms with Gasteiger partial charge in [0.15, 0.2) is 0 Å². The summed E-state index contributed by atoms with van der Waals surface area (Å²) in [5.74, 6) is 1.75. The molecular weight excluding hydrogens is 467 g/mol. The number of aromatic nitrogens is 2. The van der Waals surface area contributed by atoms with Crippen molar-refractivity contribution in [1.29, 1.82) is 0 Å². The minimum atomic E-state index is -4.42. The molecule has 9 heteroatoms. The highest BCUT2D eigenvalue weighted by Crippen LogP contribution is 2.31. The Labute approximate surface area is 197 Å². The van der Waals surface area contributed by atoms with Gasteiger partial charge in [0.1, 0.15) is 17.3 Å². The van der Waals surface area contributed by atoms with Gasteiger partial charge in [0.25, 0.3) is 5.56 Å². The monoisotopic (exact) mass is 485 g/mol. The summed E-state index contributed by atoms with van der Waals surface area (Å²) in [4.78, 5) is 22.1. The molecule has 0 saturated carbocycles. The van der Waals surface area contributed by atoms with Crippen LogP contribution >= 0.6 is 11.6 Å². The minimum absolute atomic E-state index is 0.267.